The van der Waals surface area contributed by atoms with Crippen LogP contribution in [0.25, 0.3) is 0 Å². The summed E-state index contributed by atoms with van der Waals surface area (Å²) in [5, 5.41) is 4.36. The molecule has 3 heteroatoms. The fourth-order valence-corrected chi connectivity index (χ4v) is 2.54. The van der Waals surface area contributed by atoms with Gasteiger partial charge in [-0.1, -0.05) is 22.6 Å². The minimum absolute atomic E-state index is 0.195. The zero-order valence-electron chi connectivity index (χ0n) is 8.34. The van der Waals surface area contributed by atoms with Gasteiger partial charge in [0.25, 0.3) is 0 Å². The summed E-state index contributed by atoms with van der Waals surface area (Å²) >= 11 is 2.49. The zero-order valence-corrected chi connectivity index (χ0v) is 10.5. The molecule has 2 nitrogen and oxygen atoms in total. The molecular weight excluding hydrogens is 275 g/mol. The summed E-state index contributed by atoms with van der Waals surface area (Å²) in [5.41, 5.74) is 2.87. The molecule has 0 atom stereocenters. The first-order valence-corrected chi connectivity index (χ1v) is 5.79. The second kappa shape index (κ2) is 2.97. The van der Waals surface area contributed by atoms with Crippen molar-refractivity contribution in [3.63, 3.8) is 0 Å². The number of aromatic nitrogens is 2. The number of halogens is 1. The largest absolute Gasteiger partial charge is 0.271 e. The summed E-state index contributed by atoms with van der Waals surface area (Å²) in [6, 6.07) is 0. The van der Waals surface area contributed by atoms with Crippen LogP contribution in [0.2, 0.25) is 0 Å². The normalized spacial score (nSPS) is 17.8. The Bertz CT molecular complexity index is 318. The van der Waals surface area contributed by atoms with Crippen LogP contribution in [0.1, 0.15) is 43.9 Å². The average molecular weight is 290 g/mol. The van der Waals surface area contributed by atoms with Gasteiger partial charge in [0.2, 0.25) is 0 Å². The van der Waals surface area contributed by atoms with Crippen LogP contribution < -0.4 is 0 Å². The number of hydrogen-bond donors (Lipinski definition) is 0. The number of aryl methyl sites for hydroxylation is 1. The van der Waals surface area contributed by atoms with Crippen molar-refractivity contribution in [2.75, 3.05) is 0 Å². The molecule has 0 N–H and O–H groups in total. The molecule has 0 radical (unpaired) electrons. The van der Waals surface area contributed by atoms with Crippen LogP contribution >= 0.6 is 22.6 Å². The van der Waals surface area contributed by atoms with E-state index < -0.39 is 0 Å². The topological polar surface area (TPSA) is 17.8 Å². The summed E-state index contributed by atoms with van der Waals surface area (Å²) < 4.78 is 2.22. The van der Waals surface area contributed by atoms with Gasteiger partial charge < -0.3 is 0 Å². The van der Waals surface area contributed by atoms with Crippen molar-refractivity contribution in [3.05, 3.63) is 17.5 Å². The van der Waals surface area contributed by atoms with Gasteiger partial charge in [0.1, 0.15) is 0 Å². The number of hydrogen-bond acceptors (Lipinski definition) is 1. The molecule has 1 aliphatic rings. The van der Waals surface area contributed by atoms with E-state index in [4.69, 9.17) is 0 Å². The highest BCUT2D eigenvalue weighted by Gasteiger charge is 2.33. The van der Waals surface area contributed by atoms with E-state index >= 15 is 0 Å². The number of nitrogens with zero attached hydrogens (tertiary/aromatic N) is 2. The van der Waals surface area contributed by atoms with Gasteiger partial charge in [-0.15, -0.1) is 0 Å². The van der Waals surface area contributed by atoms with Crippen LogP contribution in [0.3, 0.4) is 0 Å². The molecule has 0 spiro atoms. The predicted octanol–water partition coefficient (Wildman–Crippen LogP) is 2.97. The lowest BCUT2D eigenvalue weighted by molar-refractivity contribution is 0.649. The quantitative estimate of drug-likeness (QED) is 0.605. The Morgan fingerprint density at radius 2 is 2.15 bits per heavy atom. The molecule has 1 heterocycles. The van der Waals surface area contributed by atoms with Crippen LogP contribution in [-0.4, -0.2) is 9.78 Å². The summed E-state index contributed by atoms with van der Waals surface area (Å²) in [6.45, 7) is 4.49. The Kier molecular flexibility index (Phi) is 2.17. The van der Waals surface area contributed by atoms with Crippen LogP contribution in [0.4, 0.5) is 0 Å². The Morgan fingerprint density at radius 1 is 1.54 bits per heavy atom. The fourth-order valence-electron chi connectivity index (χ4n) is 1.88. The Labute approximate surface area is 92.8 Å². The summed E-state index contributed by atoms with van der Waals surface area (Å²) in [5.74, 6) is 0.803. The van der Waals surface area contributed by atoms with Crippen molar-refractivity contribution < 1.29 is 0 Å². The van der Waals surface area contributed by atoms with Gasteiger partial charge in [0.15, 0.2) is 0 Å². The van der Waals surface area contributed by atoms with Crippen LogP contribution in [0.5, 0.6) is 0 Å². The van der Waals surface area contributed by atoms with Gasteiger partial charge in [0, 0.05) is 7.05 Å². The van der Waals surface area contributed by atoms with Gasteiger partial charge in [-0.25, -0.2) is 0 Å². The molecule has 1 saturated carbocycles. The third kappa shape index (κ3) is 1.75. The molecule has 0 amide bonds. The van der Waals surface area contributed by atoms with E-state index in [1.54, 1.807) is 0 Å². The van der Waals surface area contributed by atoms with E-state index in [9.17, 15) is 0 Å². The van der Waals surface area contributed by atoms with Gasteiger partial charge >= 0.3 is 0 Å². The standard InChI is InChI=1S/C10H15IN2/c1-10(2,11)9-8(7-4-5-7)6-12-13(9)3/h6-7H,4-5H2,1-3H3. The third-order valence-corrected chi connectivity index (χ3v) is 3.06. The van der Waals surface area contributed by atoms with Crippen LogP contribution in [-0.2, 0) is 10.5 Å². The van der Waals surface area contributed by atoms with E-state index in [0.717, 1.165) is 5.92 Å². The second-order valence-electron chi connectivity index (χ2n) is 4.32. The molecule has 72 valence electrons. The molecule has 1 aliphatic carbocycles. The Morgan fingerprint density at radius 3 is 2.62 bits per heavy atom. The smallest absolute Gasteiger partial charge is 0.0585 e. The van der Waals surface area contributed by atoms with E-state index in [1.165, 1.54) is 24.1 Å². The molecule has 0 aromatic carbocycles. The van der Waals surface area contributed by atoms with Gasteiger partial charge in [-0.05, 0) is 38.2 Å². The maximum Gasteiger partial charge on any atom is 0.0585 e. The first-order valence-electron chi connectivity index (χ1n) is 4.71. The third-order valence-electron chi connectivity index (χ3n) is 2.55. The summed E-state index contributed by atoms with van der Waals surface area (Å²) in [4.78, 5) is 0. The summed E-state index contributed by atoms with van der Waals surface area (Å²) in [7, 11) is 2.04. The molecule has 0 aliphatic heterocycles. The van der Waals surface area contributed by atoms with Crippen LogP contribution in [0, 0.1) is 0 Å². The molecular formula is C10H15IN2. The fraction of sp³-hybridized carbons (Fsp3) is 0.700. The monoisotopic (exact) mass is 290 g/mol. The molecule has 2 rings (SSSR count). The molecule has 13 heavy (non-hydrogen) atoms. The lowest BCUT2D eigenvalue weighted by Crippen LogP contribution is -2.14. The first-order chi connectivity index (χ1) is 6.00. The minimum atomic E-state index is 0.195. The highest BCUT2D eigenvalue weighted by molar-refractivity contribution is 14.1. The predicted molar refractivity (Wildman–Crippen MR) is 62.2 cm³/mol. The first kappa shape index (κ1) is 9.49. The SMILES string of the molecule is Cn1ncc(C2CC2)c1C(C)(C)I. The average Bonchev–Trinajstić information content (AvgIpc) is 2.73. The van der Waals surface area contributed by atoms with Crippen molar-refractivity contribution in [1.82, 2.24) is 9.78 Å². The van der Waals surface area contributed by atoms with Gasteiger partial charge in [-0.3, -0.25) is 4.68 Å². The lowest BCUT2D eigenvalue weighted by Gasteiger charge is -2.19. The van der Waals surface area contributed by atoms with Crippen molar-refractivity contribution >= 4 is 22.6 Å². The van der Waals surface area contributed by atoms with Gasteiger partial charge in [0.05, 0.1) is 15.3 Å². The molecule has 1 aromatic heterocycles. The van der Waals surface area contributed by atoms with Gasteiger partial charge in [-0.2, -0.15) is 5.10 Å². The van der Waals surface area contributed by atoms with E-state index in [1.807, 2.05) is 17.9 Å². The van der Waals surface area contributed by atoms with E-state index in [0.29, 0.717) is 0 Å². The zero-order chi connectivity index (χ0) is 9.64. The Hall–Kier alpha value is -0.0600. The maximum atomic E-state index is 4.36. The van der Waals surface area contributed by atoms with E-state index in [2.05, 4.69) is 41.5 Å². The molecule has 0 bridgehead atoms. The number of alkyl halides is 1. The highest BCUT2D eigenvalue weighted by Crippen LogP contribution is 2.45. The lowest BCUT2D eigenvalue weighted by atomic mass is 10.0. The van der Waals surface area contributed by atoms with Crippen molar-refractivity contribution in [2.24, 2.45) is 7.05 Å². The van der Waals surface area contributed by atoms with Crippen molar-refractivity contribution in [2.45, 2.75) is 36.0 Å². The molecule has 1 fully saturated rings. The minimum Gasteiger partial charge on any atom is -0.271 e. The number of rotatable bonds is 2. The highest BCUT2D eigenvalue weighted by atomic mass is 127. The molecule has 0 saturated heterocycles. The summed E-state index contributed by atoms with van der Waals surface area (Å²) in [6.07, 6.45) is 4.75. The second-order valence-corrected chi connectivity index (χ2v) is 7.02. The van der Waals surface area contributed by atoms with Crippen LogP contribution in [0.15, 0.2) is 6.20 Å². The van der Waals surface area contributed by atoms with E-state index in [-0.39, 0.29) is 3.42 Å². The Balaban J connectivity index is 2.46. The van der Waals surface area contributed by atoms with Crippen molar-refractivity contribution in [3.8, 4) is 0 Å². The molecule has 1 aromatic rings. The molecule has 0 unspecified atom stereocenters. The van der Waals surface area contributed by atoms with Crippen molar-refractivity contribution in [1.29, 1.82) is 0 Å². The maximum absolute atomic E-state index is 4.36.